The highest BCUT2D eigenvalue weighted by Crippen LogP contribution is 2.32. The summed E-state index contributed by atoms with van der Waals surface area (Å²) in [4.78, 5) is 28.9. The zero-order chi connectivity index (χ0) is 23.6. The van der Waals surface area contributed by atoms with Gasteiger partial charge in [0.2, 0.25) is 0 Å². The van der Waals surface area contributed by atoms with Crippen LogP contribution in [0.1, 0.15) is 44.0 Å². The fraction of sp³-hybridized carbons (Fsp3) is 0.560. The molecule has 1 amide bonds. The number of nitrogens with zero attached hydrogens (tertiary/aromatic N) is 5. The summed E-state index contributed by atoms with van der Waals surface area (Å²) in [6.45, 7) is 10.1. The second kappa shape index (κ2) is 9.89. The fourth-order valence-electron chi connectivity index (χ4n) is 4.51. The number of benzene rings is 1. The monoisotopic (exact) mass is 469 g/mol. The topological polar surface area (TPSA) is 61.8 Å². The van der Waals surface area contributed by atoms with Crippen LogP contribution in [0.5, 0.6) is 0 Å². The van der Waals surface area contributed by atoms with Gasteiger partial charge in [-0.05, 0) is 45.4 Å². The van der Waals surface area contributed by atoms with Gasteiger partial charge in [0, 0.05) is 45.3 Å². The first-order valence-electron chi connectivity index (χ1n) is 11.6. The van der Waals surface area contributed by atoms with Crippen LogP contribution in [0.4, 0.5) is 10.6 Å². The minimum absolute atomic E-state index is 0.112. The molecule has 3 heterocycles. The molecule has 8 heteroatoms. The molecule has 0 N–H and O–H groups in total. The Bertz CT molecular complexity index is 979. The molecule has 1 atom stereocenters. The highest BCUT2D eigenvalue weighted by Gasteiger charge is 2.34. The molecule has 7 nitrogen and oxygen atoms in total. The van der Waals surface area contributed by atoms with Crippen LogP contribution >= 0.6 is 11.8 Å². The third-order valence-electron chi connectivity index (χ3n) is 6.23. The van der Waals surface area contributed by atoms with Gasteiger partial charge in [-0.25, -0.2) is 14.8 Å². The van der Waals surface area contributed by atoms with Gasteiger partial charge >= 0.3 is 6.09 Å². The average molecular weight is 470 g/mol. The maximum atomic E-state index is 12.6. The van der Waals surface area contributed by atoms with Gasteiger partial charge in [0.1, 0.15) is 11.4 Å². The van der Waals surface area contributed by atoms with E-state index >= 15 is 0 Å². The number of carbonyl (C=O) groups is 1. The molecule has 1 unspecified atom stereocenters. The quantitative estimate of drug-likeness (QED) is 0.480. The Labute approximate surface area is 201 Å². The van der Waals surface area contributed by atoms with Crippen LogP contribution in [0.25, 0.3) is 0 Å². The number of carbonyl (C=O) groups excluding carboxylic acids is 1. The van der Waals surface area contributed by atoms with Crippen molar-refractivity contribution in [3.05, 3.63) is 47.2 Å². The predicted molar refractivity (Wildman–Crippen MR) is 133 cm³/mol. The van der Waals surface area contributed by atoms with E-state index in [2.05, 4.69) is 40.1 Å². The summed E-state index contributed by atoms with van der Waals surface area (Å²) in [5.74, 6) is 1.05. The first-order chi connectivity index (χ1) is 15.7. The van der Waals surface area contributed by atoms with Crippen molar-refractivity contribution in [2.24, 2.45) is 0 Å². The highest BCUT2D eigenvalue weighted by atomic mass is 32.2. The maximum Gasteiger partial charge on any atom is 0.410 e. The zero-order valence-electron chi connectivity index (χ0n) is 20.4. The molecule has 0 saturated carbocycles. The molecule has 2 aliphatic heterocycles. The smallest absolute Gasteiger partial charge is 0.410 e. The lowest BCUT2D eigenvalue weighted by atomic mass is 10.0. The lowest BCUT2D eigenvalue weighted by Gasteiger charge is -2.32. The Morgan fingerprint density at radius 2 is 1.97 bits per heavy atom. The Hall–Kier alpha value is -2.32. The van der Waals surface area contributed by atoms with E-state index in [1.54, 1.807) is 16.7 Å². The highest BCUT2D eigenvalue weighted by molar-refractivity contribution is 7.98. The van der Waals surface area contributed by atoms with Crippen LogP contribution < -0.4 is 4.90 Å². The predicted octanol–water partition coefficient (Wildman–Crippen LogP) is 4.20. The molecule has 0 bridgehead atoms. The molecule has 4 rings (SSSR count). The largest absolute Gasteiger partial charge is 0.444 e. The average Bonchev–Trinajstić information content (AvgIpc) is 3.27. The van der Waals surface area contributed by atoms with Crippen LogP contribution in [0, 0.1) is 0 Å². The lowest BCUT2D eigenvalue weighted by Crippen LogP contribution is -2.42. The number of aromatic nitrogens is 2. The number of fused-ring (bicyclic) bond motifs is 1. The van der Waals surface area contributed by atoms with E-state index in [0.717, 1.165) is 62.2 Å². The molecular weight excluding hydrogens is 434 g/mol. The Morgan fingerprint density at radius 3 is 2.67 bits per heavy atom. The van der Waals surface area contributed by atoms with Crippen molar-refractivity contribution >= 4 is 23.7 Å². The first kappa shape index (κ1) is 23.8. The SMILES string of the molecule is CSc1nc2c(c(N3CCC(N(C)C(=O)OC(C)(C)C)C3)n1)CCN(Cc1ccccc1)C2. The summed E-state index contributed by atoms with van der Waals surface area (Å²) >= 11 is 1.59. The van der Waals surface area contributed by atoms with Gasteiger partial charge in [-0.2, -0.15) is 0 Å². The number of hydrogen-bond donors (Lipinski definition) is 0. The van der Waals surface area contributed by atoms with E-state index in [1.807, 2.05) is 34.1 Å². The van der Waals surface area contributed by atoms with Crippen LogP contribution in [-0.2, 0) is 24.2 Å². The van der Waals surface area contributed by atoms with Gasteiger partial charge in [-0.3, -0.25) is 4.90 Å². The zero-order valence-corrected chi connectivity index (χ0v) is 21.2. The van der Waals surface area contributed by atoms with Crippen molar-refractivity contribution in [2.45, 2.75) is 63.5 Å². The van der Waals surface area contributed by atoms with E-state index in [9.17, 15) is 4.79 Å². The molecule has 0 radical (unpaired) electrons. The van der Waals surface area contributed by atoms with Crippen molar-refractivity contribution in [3.63, 3.8) is 0 Å². The fourth-order valence-corrected chi connectivity index (χ4v) is 4.88. The number of rotatable bonds is 5. The van der Waals surface area contributed by atoms with E-state index in [-0.39, 0.29) is 12.1 Å². The summed E-state index contributed by atoms with van der Waals surface area (Å²) in [6.07, 6.45) is 3.61. The van der Waals surface area contributed by atoms with Crippen LogP contribution in [0.3, 0.4) is 0 Å². The summed E-state index contributed by atoms with van der Waals surface area (Å²) in [5.41, 5.74) is 3.23. The Kier molecular flexibility index (Phi) is 7.14. The first-order valence-corrected chi connectivity index (χ1v) is 12.9. The maximum absolute atomic E-state index is 12.6. The second-order valence-corrected chi connectivity index (χ2v) is 10.7. The normalized spacial score (nSPS) is 18.8. The number of likely N-dealkylation sites (N-methyl/N-ethyl adjacent to an activating group) is 1. The molecular formula is C25H35N5O2S. The van der Waals surface area contributed by atoms with Gasteiger partial charge in [0.05, 0.1) is 11.7 Å². The van der Waals surface area contributed by atoms with Crippen LogP contribution in [0.15, 0.2) is 35.5 Å². The van der Waals surface area contributed by atoms with Crippen molar-refractivity contribution < 1.29 is 9.53 Å². The summed E-state index contributed by atoms with van der Waals surface area (Å²) in [6, 6.07) is 10.7. The van der Waals surface area contributed by atoms with Crippen LogP contribution in [0.2, 0.25) is 0 Å². The molecule has 0 spiro atoms. The lowest BCUT2D eigenvalue weighted by molar-refractivity contribution is 0.0238. The Balaban J connectivity index is 1.49. The molecule has 2 aliphatic rings. The summed E-state index contributed by atoms with van der Waals surface area (Å²) < 4.78 is 5.57. The summed E-state index contributed by atoms with van der Waals surface area (Å²) in [7, 11) is 1.84. The molecule has 1 saturated heterocycles. The van der Waals surface area contributed by atoms with E-state index in [0.29, 0.717) is 0 Å². The van der Waals surface area contributed by atoms with Crippen molar-refractivity contribution in [1.82, 2.24) is 19.8 Å². The molecule has 1 fully saturated rings. The Morgan fingerprint density at radius 1 is 1.21 bits per heavy atom. The summed E-state index contributed by atoms with van der Waals surface area (Å²) in [5, 5.41) is 0.814. The van der Waals surface area contributed by atoms with E-state index in [1.165, 1.54) is 11.1 Å². The third kappa shape index (κ3) is 5.79. The number of hydrogen-bond acceptors (Lipinski definition) is 7. The van der Waals surface area contributed by atoms with Crippen LogP contribution in [-0.4, -0.2) is 70.4 Å². The van der Waals surface area contributed by atoms with Crippen molar-refractivity contribution in [2.75, 3.05) is 37.8 Å². The van der Waals surface area contributed by atoms with E-state index < -0.39 is 5.60 Å². The molecule has 2 aromatic rings. The third-order valence-corrected chi connectivity index (χ3v) is 6.77. The molecule has 1 aromatic carbocycles. The van der Waals surface area contributed by atoms with E-state index in [4.69, 9.17) is 14.7 Å². The standard InChI is InChI=1S/C25H35N5O2S/c1-25(2,3)32-24(31)28(4)19-11-14-30(16-19)22-20-12-13-29(15-18-9-7-6-8-10-18)17-21(20)26-23(27-22)33-5/h6-10,19H,11-17H2,1-5H3. The van der Waals surface area contributed by atoms with Gasteiger partial charge in [-0.1, -0.05) is 42.1 Å². The minimum atomic E-state index is -0.492. The van der Waals surface area contributed by atoms with Gasteiger partial charge in [0.15, 0.2) is 5.16 Å². The number of amides is 1. The molecule has 1 aromatic heterocycles. The number of thioether (sulfide) groups is 1. The minimum Gasteiger partial charge on any atom is -0.444 e. The number of anilines is 1. The van der Waals surface area contributed by atoms with Gasteiger partial charge < -0.3 is 14.5 Å². The second-order valence-electron chi connectivity index (χ2n) is 9.89. The van der Waals surface area contributed by atoms with Crippen molar-refractivity contribution in [3.8, 4) is 0 Å². The molecule has 178 valence electrons. The van der Waals surface area contributed by atoms with Gasteiger partial charge in [0.25, 0.3) is 0 Å². The molecule has 33 heavy (non-hydrogen) atoms. The van der Waals surface area contributed by atoms with Gasteiger partial charge in [-0.15, -0.1) is 0 Å². The van der Waals surface area contributed by atoms with Crippen molar-refractivity contribution in [1.29, 1.82) is 0 Å². The molecule has 0 aliphatic carbocycles. The number of ether oxygens (including phenoxy) is 1.